The van der Waals surface area contributed by atoms with Gasteiger partial charge in [0.25, 0.3) is 0 Å². The van der Waals surface area contributed by atoms with Gasteiger partial charge < -0.3 is 15.7 Å². The number of hydrogen-bond acceptors (Lipinski definition) is 3. The van der Waals surface area contributed by atoms with Crippen LogP contribution in [0.3, 0.4) is 0 Å². The molecule has 1 aliphatic heterocycles. The van der Waals surface area contributed by atoms with Gasteiger partial charge in [0.15, 0.2) is 0 Å². The predicted molar refractivity (Wildman–Crippen MR) is 71.3 cm³/mol. The Bertz CT molecular complexity index is 269. The Morgan fingerprint density at radius 2 is 2.00 bits per heavy atom. The summed E-state index contributed by atoms with van der Waals surface area (Å²) in [5, 5.41) is 15.9. The quantitative estimate of drug-likeness (QED) is 0.706. The molecule has 104 valence electrons. The van der Waals surface area contributed by atoms with Gasteiger partial charge in [-0.1, -0.05) is 25.7 Å². The van der Waals surface area contributed by atoms with Gasteiger partial charge in [-0.2, -0.15) is 0 Å². The Morgan fingerprint density at radius 1 is 1.22 bits per heavy atom. The van der Waals surface area contributed by atoms with Crippen LogP contribution in [0.15, 0.2) is 0 Å². The van der Waals surface area contributed by atoms with Crippen molar-refractivity contribution in [2.24, 2.45) is 5.41 Å². The van der Waals surface area contributed by atoms with Crippen LogP contribution in [0.25, 0.3) is 0 Å². The van der Waals surface area contributed by atoms with E-state index in [2.05, 4.69) is 10.6 Å². The van der Waals surface area contributed by atoms with Crippen LogP contribution in [0.1, 0.15) is 51.4 Å². The summed E-state index contributed by atoms with van der Waals surface area (Å²) in [5.41, 5.74) is -0.0530. The topological polar surface area (TPSA) is 61.4 Å². The zero-order valence-corrected chi connectivity index (χ0v) is 11.2. The molecule has 1 heterocycles. The van der Waals surface area contributed by atoms with Crippen LogP contribution in [-0.2, 0) is 4.79 Å². The molecule has 4 nitrogen and oxygen atoms in total. The maximum atomic E-state index is 12.0. The minimum atomic E-state index is -0.0530. The molecule has 1 saturated heterocycles. The van der Waals surface area contributed by atoms with E-state index in [1.165, 1.54) is 25.7 Å². The van der Waals surface area contributed by atoms with Crippen molar-refractivity contribution < 1.29 is 9.90 Å². The van der Waals surface area contributed by atoms with Gasteiger partial charge >= 0.3 is 0 Å². The number of carbonyl (C=O) groups excluding carboxylic acids is 1. The summed E-state index contributed by atoms with van der Waals surface area (Å²) < 4.78 is 0. The molecule has 2 fully saturated rings. The molecule has 0 radical (unpaired) electrons. The van der Waals surface area contributed by atoms with Crippen molar-refractivity contribution in [3.8, 4) is 0 Å². The number of aliphatic hydroxyl groups is 1. The van der Waals surface area contributed by atoms with E-state index in [0.29, 0.717) is 6.54 Å². The van der Waals surface area contributed by atoms with Crippen molar-refractivity contribution in [3.05, 3.63) is 0 Å². The van der Waals surface area contributed by atoms with Gasteiger partial charge in [-0.15, -0.1) is 0 Å². The van der Waals surface area contributed by atoms with Crippen LogP contribution in [0.5, 0.6) is 0 Å². The monoisotopic (exact) mass is 254 g/mol. The first-order valence-electron chi connectivity index (χ1n) is 7.38. The van der Waals surface area contributed by atoms with Gasteiger partial charge in [-0.25, -0.2) is 0 Å². The Morgan fingerprint density at radius 3 is 2.61 bits per heavy atom. The largest absolute Gasteiger partial charge is 0.396 e. The minimum absolute atomic E-state index is 0.0157. The van der Waals surface area contributed by atoms with E-state index in [1.807, 2.05) is 0 Å². The van der Waals surface area contributed by atoms with Crippen molar-refractivity contribution in [3.63, 3.8) is 0 Å². The molecular formula is C14H26N2O2. The molecule has 4 heteroatoms. The third kappa shape index (κ3) is 3.45. The van der Waals surface area contributed by atoms with Crippen molar-refractivity contribution in [2.75, 3.05) is 19.7 Å². The normalized spacial score (nSPS) is 27.7. The van der Waals surface area contributed by atoms with E-state index in [1.54, 1.807) is 0 Å². The average Bonchev–Trinajstić information content (AvgIpc) is 2.47. The SMILES string of the molecule is O=C(NCC1(CO)CCCCC1)[C@H]1CCCCN1. The molecule has 18 heavy (non-hydrogen) atoms. The highest BCUT2D eigenvalue weighted by atomic mass is 16.3. The maximum absolute atomic E-state index is 12.0. The lowest BCUT2D eigenvalue weighted by molar-refractivity contribution is -0.124. The molecule has 1 aliphatic carbocycles. The molecule has 1 atom stereocenters. The number of nitrogens with one attached hydrogen (secondary N) is 2. The number of amides is 1. The summed E-state index contributed by atoms with van der Waals surface area (Å²) in [6.07, 6.45) is 8.96. The summed E-state index contributed by atoms with van der Waals surface area (Å²) in [7, 11) is 0. The summed E-state index contributed by atoms with van der Waals surface area (Å²) in [6.45, 7) is 1.79. The Kier molecular flexibility index (Phi) is 5.01. The van der Waals surface area contributed by atoms with Crippen LogP contribution >= 0.6 is 0 Å². The average molecular weight is 254 g/mol. The lowest BCUT2D eigenvalue weighted by atomic mass is 9.74. The molecule has 0 unspecified atom stereocenters. The highest BCUT2D eigenvalue weighted by Gasteiger charge is 2.32. The number of carbonyl (C=O) groups is 1. The van der Waals surface area contributed by atoms with Crippen LogP contribution in [0, 0.1) is 5.41 Å². The molecule has 2 rings (SSSR count). The number of aliphatic hydroxyl groups excluding tert-OH is 1. The van der Waals surface area contributed by atoms with Gasteiger partial charge in [0.1, 0.15) is 0 Å². The van der Waals surface area contributed by atoms with E-state index >= 15 is 0 Å². The van der Waals surface area contributed by atoms with Crippen molar-refractivity contribution in [1.29, 1.82) is 0 Å². The smallest absolute Gasteiger partial charge is 0.237 e. The van der Waals surface area contributed by atoms with Crippen LogP contribution in [-0.4, -0.2) is 36.8 Å². The lowest BCUT2D eigenvalue weighted by Crippen LogP contribution is -2.50. The van der Waals surface area contributed by atoms with E-state index in [0.717, 1.165) is 32.2 Å². The molecular weight excluding hydrogens is 228 g/mol. The highest BCUT2D eigenvalue weighted by Crippen LogP contribution is 2.35. The second-order valence-corrected chi connectivity index (χ2v) is 5.94. The molecule has 0 bridgehead atoms. The van der Waals surface area contributed by atoms with Crippen LogP contribution in [0.4, 0.5) is 0 Å². The standard InChI is InChI=1S/C14H26N2O2/c17-11-14(7-3-1-4-8-14)10-16-13(18)12-6-2-5-9-15-12/h12,15,17H,1-11H2,(H,16,18)/t12-/m1/s1. The number of piperidine rings is 1. The van der Waals surface area contributed by atoms with Gasteiger partial charge in [0.05, 0.1) is 12.6 Å². The van der Waals surface area contributed by atoms with E-state index in [-0.39, 0.29) is 24.0 Å². The van der Waals surface area contributed by atoms with Crippen LogP contribution in [0.2, 0.25) is 0 Å². The highest BCUT2D eigenvalue weighted by molar-refractivity contribution is 5.81. The van der Waals surface area contributed by atoms with Gasteiger partial charge in [-0.3, -0.25) is 4.79 Å². The van der Waals surface area contributed by atoms with E-state index in [9.17, 15) is 9.90 Å². The molecule has 2 aliphatic rings. The fourth-order valence-corrected chi connectivity index (χ4v) is 3.17. The maximum Gasteiger partial charge on any atom is 0.237 e. The van der Waals surface area contributed by atoms with Crippen molar-refractivity contribution in [2.45, 2.75) is 57.4 Å². The first-order valence-corrected chi connectivity index (χ1v) is 7.38. The molecule has 1 saturated carbocycles. The van der Waals surface area contributed by atoms with E-state index < -0.39 is 0 Å². The van der Waals surface area contributed by atoms with Crippen molar-refractivity contribution in [1.82, 2.24) is 10.6 Å². The summed E-state index contributed by atoms with van der Waals surface area (Å²) in [4.78, 5) is 12.0. The molecule has 0 aromatic carbocycles. The summed E-state index contributed by atoms with van der Waals surface area (Å²) in [5.74, 6) is 0.119. The summed E-state index contributed by atoms with van der Waals surface area (Å²) in [6, 6.07) is -0.0157. The third-order valence-electron chi connectivity index (χ3n) is 4.51. The Hall–Kier alpha value is -0.610. The molecule has 0 aromatic heterocycles. The molecule has 1 amide bonds. The molecule has 0 spiro atoms. The second-order valence-electron chi connectivity index (χ2n) is 5.94. The van der Waals surface area contributed by atoms with Gasteiger partial charge in [0.2, 0.25) is 5.91 Å². The molecule has 3 N–H and O–H groups in total. The zero-order valence-electron chi connectivity index (χ0n) is 11.2. The van der Waals surface area contributed by atoms with Crippen LogP contribution < -0.4 is 10.6 Å². The first kappa shape index (κ1) is 13.8. The molecule has 0 aromatic rings. The van der Waals surface area contributed by atoms with Gasteiger partial charge in [-0.05, 0) is 32.2 Å². The fraction of sp³-hybridized carbons (Fsp3) is 0.929. The Labute approximate surface area is 110 Å². The van der Waals surface area contributed by atoms with Crippen molar-refractivity contribution >= 4 is 5.91 Å². The lowest BCUT2D eigenvalue weighted by Gasteiger charge is -2.36. The predicted octanol–water partition coefficient (Wildman–Crippen LogP) is 1.19. The first-order chi connectivity index (χ1) is 8.76. The second kappa shape index (κ2) is 6.53. The number of hydrogen-bond donors (Lipinski definition) is 3. The van der Waals surface area contributed by atoms with Gasteiger partial charge in [0, 0.05) is 12.0 Å². The zero-order chi connectivity index (χ0) is 12.8. The fourth-order valence-electron chi connectivity index (χ4n) is 3.17. The number of rotatable bonds is 4. The summed E-state index contributed by atoms with van der Waals surface area (Å²) >= 11 is 0. The van der Waals surface area contributed by atoms with E-state index in [4.69, 9.17) is 0 Å². The third-order valence-corrected chi connectivity index (χ3v) is 4.51. The minimum Gasteiger partial charge on any atom is -0.396 e. The Balaban J connectivity index is 1.79.